The molecule has 1 heterocycles. The predicted molar refractivity (Wildman–Crippen MR) is 40.8 cm³/mol. The summed E-state index contributed by atoms with van der Waals surface area (Å²) in [5.74, 6) is 0.0301. The first-order valence-electron chi connectivity index (χ1n) is 3.65. The standard InChI is InChI=1S/C7H14N2O2/c1-5-6(8(2)3)7(10)9(4)11-5/h5-6H,1-4H3. The van der Waals surface area contributed by atoms with E-state index in [0.717, 1.165) is 0 Å². The lowest BCUT2D eigenvalue weighted by Gasteiger charge is -2.17. The average molecular weight is 158 g/mol. The van der Waals surface area contributed by atoms with Gasteiger partial charge in [-0.1, -0.05) is 0 Å². The number of carbonyl (C=O) groups is 1. The fourth-order valence-corrected chi connectivity index (χ4v) is 1.39. The number of likely N-dealkylation sites (N-methyl/N-ethyl adjacent to an activating group) is 2. The van der Waals surface area contributed by atoms with Crippen molar-refractivity contribution < 1.29 is 9.63 Å². The molecule has 1 rings (SSSR count). The SMILES string of the molecule is CC1ON(C)C(=O)C1N(C)C. The molecule has 0 aromatic rings. The third-order valence-corrected chi connectivity index (χ3v) is 1.89. The molecule has 2 atom stereocenters. The minimum absolute atomic E-state index is 0.0301. The topological polar surface area (TPSA) is 32.8 Å². The van der Waals surface area contributed by atoms with Crippen LogP contribution in [0.3, 0.4) is 0 Å². The van der Waals surface area contributed by atoms with Crippen LogP contribution >= 0.6 is 0 Å². The maximum absolute atomic E-state index is 11.3. The summed E-state index contributed by atoms with van der Waals surface area (Å²) < 4.78 is 0. The first-order chi connectivity index (χ1) is 5.04. The van der Waals surface area contributed by atoms with Gasteiger partial charge < -0.3 is 0 Å². The van der Waals surface area contributed by atoms with E-state index in [1.807, 2.05) is 25.9 Å². The smallest absolute Gasteiger partial charge is 0.265 e. The van der Waals surface area contributed by atoms with Gasteiger partial charge >= 0.3 is 0 Å². The normalized spacial score (nSPS) is 32.1. The maximum Gasteiger partial charge on any atom is 0.265 e. The Balaban J connectivity index is 2.72. The van der Waals surface area contributed by atoms with E-state index in [9.17, 15) is 4.79 Å². The zero-order valence-electron chi connectivity index (χ0n) is 7.37. The van der Waals surface area contributed by atoms with Crippen LogP contribution in [0.5, 0.6) is 0 Å². The van der Waals surface area contributed by atoms with Crippen LogP contribution < -0.4 is 0 Å². The summed E-state index contributed by atoms with van der Waals surface area (Å²) in [6, 6.07) is -0.125. The second kappa shape index (κ2) is 2.79. The Morgan fingerprint density at radius 2 is 2.09 bits per heavy atom. The molecule has 2 unspecified atom stereocenters. The molecule has 0 aromatic carbocycles. The molecule has 64 valence electrons. The van der Waals surface area contributed by atoms with E-state index in [4.69, 9.17) is 4.84 Å². The van der Waals surface area contributed by atoms with Gasteiger partial charge in [0.15, 0.2) is 0 Å². The Hall–Kier alpha value is -0.610. The largest absolute Gasteiger partial charge is 0.296 e. The van der Waals surface area contributed by atoms with Crippen molar-refractivity contribution >= 4 is 5.91 Å². The molecular weight excluding hydrogens is 144 g/mol. The second-order valence-corrected chi connectivity index (χ2v) is 3.05. The molecule has 4 nitrogen and oxygen atoms in total. The number of amides is 1. The summed E-state index contributed by atoms with van der Waals surface area (Å²) in [6.07, 6.45) is -0.0394. The molecule has 1 saturated heterocycles. The van der Waals surface area contributed by atoms with Gasteiger partial charge in [0.25, 0.3) is 5.91 Å². The van der Waals surface area contributed by atoms with Crippen LogP contribution in [0, 0.1) is 0 Å². The lowest BCUT2D eigenvalue weighted by molar-refractivity contribution is -0.162. The van der Waals surface area contributed by atoms with Crippen molar-refractivity contribution in [1.29, 1.82) is 0 Å². The van der Waals surface area contributed by atoms with Gasteiger partial charge in [-0.2, -0.15) is 0 Å². The van der Waals surface area contributed by atoms with Crippen LogP contribution in [-0.4, -0.2) is 49.2 Å². The van der Waals surface area contributed by atoms with Crippen LogP contribution in [-0.2, 0) is 9.63 Å². The van der Waals surface area contributed by atoms with Crippen molar-refractivity contribution in [3.05, 3.63) is 0 Å². The van der Waals surface area contributed by atoms with Crippen molar-refractivity contribution in [2.75, 3.05) is 21.1 Å². The van der Waals surface area contributed by atoms with E-state index < -0.39 is 0 Å². The number of hydrogen-bond acceptors (Lipinski definition) is 3. The van der Waals surface area contributed by atoms with Crippen molar-refractivity contribution in [2.45, 2.75) is 19.1 Å². The average Bonchev–Trinajstić information content (AvgIpc) is 2.07. The molecule has 0 radical (unpaired) electrons. The monoisotopic (exact) mass is 158 g/mol. The molecule has 1 amide bonds. The molecule has 1 fully saturated rings. The third kappa shape index (κ3) is 1.36. The zero-order chi connectivity index (χ0) is 8.59. The number of carbonyl (C=O) groups excluding carboxylic acids is 1. The van der Waals surface area contributed by atoms with Gasteiger partial charge in [-0.25, -0.2) is 5.06 Å². The minimum atomic E-state index is -0.125. The van der Waals surface area contributed by atoms with Gasteiger partial charge in [0.1, 0.15) is 12.1 Å². The zero-order valence-corrected chi connectivity index (χ0v) is 7.37. The summed E-state index contributed by atoms with van der Waals surface area (Å²) >= 11 is 0. The van der Waals surface area contributed by atoms with Crippen molar-refractivity contribution in [2.24, 2.45) is 0 Å². The molecule has 1 aliphatic rings. The van der Waals surface area contributed by atoms with Crippen LogP contribution in [0.15, 0.2) is 0 Å². The fourth-order valence-electron chi connectivity index (χ4n) is 1.39. The highest BCUT2D eigenvalue weighted by molar-refractivity contribution is 5.82. The first kappa shape index (κ1) is 8.49. The summed E-state index contributed by atoms with van der Waals surface area (Å²) in [5, 5.41) is 1.30. The number of hydrogen-bond donors (Lipinski definition) is 0. The van der Waals surface area contributed by atoms with Gasteiger partial charge in [-0.05, 0) is 21.0 Å². The molecule has 0 N–H and O–H groups in total. The highest BCUT2D eigenvalue weighted by Crippen LogP contribution is 2.16. The minimum Gasteiger partial charge on any atom is -0.296 e. The summed E-state index contributed by atoms with van der Waals surface area (Å²) in [6.45, 7) is 1.89. The van der Waals surface area contributed by atoms with E-state index in [0.29, 0.717) is 0 Å². The summed E-state index contributed by atoms with van der Waals surface area (Å²) in [5.41, 5.74) is 0. The van der Waals surface area contributed by atoms with Gasteiger partial charge in [-0.3, -0.25) is 14.5 Å². The molecule has 0 aromatic heterocycles. The Morgan fingerprint density at radius 3 is 2.27 bits per heavy atom. The maximum atomic E-state index is 11.3. The molecule has 1 aliphatic heterocycles. The van der Waals surface area contributed by atoms with E-state index in [1.54, 1.807) is 7.05 Å². The number of rotatable bonds is 1. The van der Waals surface area contributed by atoms with Crippen LogP contribution in [0.1, 0.15) is 6.92 Å². The molecule has 0 spiro atoms. The summed E-state index contributed by atoms with van der Waals surface area (Å²) in [4.78, 5) is 18.4. The lowest BCUT2D eigenvalue weighted by atomic mass is 10.2. The van der Waals surface area contributed by atoms with Crippen molar-refractivity contribution in [3.8, 4) is 0 Å². The van der Waals surface area contributed by atoms with Gasteiger partial charge in [0.2, 0.25) is 0 Å². The molecule has 0 aliphatic carbocycles. The van der Waals surface area contributed by atoms with Gasteiger partial charge in [0.05, 0.1) is 0 Å². The molecular formula is C7H14N2O2. The molecule has 11 heavy (non-hydrogen) atoms. The van der Waals surface area contributed by atoms with Gasteiger partial charge in [-0.15, -0.1) is 0 Å². The molecule has 0 bridgehead atoms. The van der Waals surface area contributed by atoms with Crippen LogP contribution in [0.25, 0.3) is 0 Å². The Morgan fingerprint density at radius 1 is 1.55 bits per heavy atom. The number of hydroxylamine groups is 2. The van der Waals surface area contributed by atoms with E-state index in [1.165, 1.54) is 5.06 Å². The first-order valence-corrected chi connectivity index (χ1v) is 3.65. The second-order valence-electron chi connectivity index (χ2n) is 3.05. The highest BCUT2D eigenvalue weighted by atomic mass is 16.7. The van der Waals surface area contributed by atoms with E-state index in [2.05, 4.69) is 0 Å². The molecule has 4 heteroatoms. The van der Waals surface area contributed by atoms with E-state index >= 15 is 0 Å². The fraction of sp³-hybridized carbons (Fsp3) is 0.857. The molecule has 0 saturated carbocycles. The Kier molecular flexibility index (Phi) is 2.15. The van der Waals surface area contributed by atoms with Crippen LogP contribution in [0.4, 0.5) is 0 Å². The highest BCUT2D eigenvalue weighted by Gasteiger charge is 2.38. The van der Waals surface area contributed by atoms with Crippen molar-refractivity contribution in [1.82, 2.24) is 9.96 Å². The Labute approximate surface area is 66.7 Å². The van der Waals surface area contributed by atoms with Gasteiger partial charge in [0, 0.05) is 7.05 Å². The van der Waals surface area contributed by atoms with E-state index in [-0.39, 0.29) is 18.1 Å². The predicted octanol–water partition coefficient (Wildman–Crippen LogP) is -0.291. The third-order valence-electron chi connectivity index (χ3n) is 1.89. The lowest BCUT2D eigenvalue weighted by Crippen LogP contribution is -2.40. The Bertz CT molecular complexity index is 170. The number of nitrogens with zero attached hydrogens (tertiary/aromatic N) is 2. The summed E-state index contributed by atoms with van der Waals surface area (Å²) in [7, 11) is 5.39. The quantitative estimate of drug-likeness (QED) is 0.525. The van der Waals surface area contributed by atoms with Crippen molar-refractivity contribution in [3.63, 3.8) is 0 Å². The van der Waals surface area contributed by atoms with Crippen LogP contribution in [0.2, 0.25) is 0 Å².